The summed E-state index contributed by atoms with van der Waals surface area (Å²) in [5.41, 5.74) is 8.46. The van der Waals surface area contributed by atoms with Gasteiger partial charge < -0.3 is 20.0 Å². The van der Waals surface area contributed by atoms with Crippen LogP contribution >= 0.6 is 0 Å². The van der Waals surface area contributed by atoms with Gasteiger partial charge in [0.1, 0.15) is 11.6 Å². The molecule has 1 heterocycles. The predicted molar refractivity (Wildman–Crippen MR) is 93.0 cm³/mol. The minimum atomic E-state index is -1.04. The molecule has 0 aliphatic carbocycles. The number of hydrogen-bond donors (Lipinski definition) is 2. The van der Waals surface area contributed by atoms with E-state index in [9.17, 15) is 9.90 Å². The topological polar surface area (TPSA) is 98.6 Å². The van der Waals surface area contributed by atoms with Gasteiger partial charge in [0.15, 0.2) is 5.58 Å². The Hall–Kier alpha value is -2.70. The molecule has 0 aliphatic rings. The second kappa shape index (κ2) is 7.46. The summed E-state index contributed by atoms with van der Waals surface area (Å²) in [4.78, 5) is 16.1. The molecule has 0 saturated carbocycles. The largest absolute Gasteiger partial charge is 0.462 e. The maximum absolute atomic E-state index is 11.8. The Bertz CT molecular complexity index is 860. The van der Waals surface area contributed by atoms with E-state index in [1.54, 1.807) is 25.1 Å². The van der Waals surface area contributed by atoms with Gasteiger partial charge in [-0.25, -0.2) is 9.78 Å². The van der Waals surface area contributed by atoms with Crippen LogP contribution in [0.2, 0.25) is 0 Å². The van der Waals surface area contributed by atoms with Crippen molar-refractivity contribution in [3.63, 3.8) is 0 Å². The molecule has 0 amide bonds. The minimum absolute atomic E-state index is 0.138. The first kappa shape index (κ1) is 17.1. The summed E-state index contributed by atoms with van der Waals surface area (Å²) in [6.45, 7) is 2.04. The van der Waals surface area contributed by atoms with Crippen molar-refractivity contribution in [3.8, 4) is 0 Å². The van der Waals surface area contributed by atoms with Crippen LogP contribution in [0.1, 0.15) is 34.8 Å². The lowest BCUT2D eigenvalue weighted by atomic mass is 10.0. The van der Waals surface area contributed by atoms with Crippen LogP contribution in [-0.4, -0.2) is 28.7 Å². The molecule has 2 atom stereocenters. The Labute approximate surface area is 145 Å². The van der Waals surface area contributed by atoms with Crippen LogP contribution < -0.4 is 5.73 Å². The average Bonchev–Trinajstić information content (AvgIpc) is 3.05. The SMILES string of the molecule is CCOC(=O)c1ccc2oc(C(O)C(N)Cc3ccccc3)nc2c1. The third-order valence-electron chi connectivity index (χ3n) is 3.89. The van der Waals surface area contributed by atoms with E-state index < -0.39 is 18.1 Å². The number of esters is 1. The Morgan fingerprint density at radius 2 is 2.04 bits per heavy atom. The first-order chi connectivity index (χ1) is 12.1. The molecule has 3 rings (SSSR count). The smallest absolute Gasteiger partial charge is 0.338 e. The van der Waals surface area contributed by atoms with Crippen LogP contribution in [0.5, 0.6) is 0 Å². The van der Waals surface area contributed by atoms with Crippen molar-refractivity contribution in [2.24, 2.45) is 5.73 Å². The van der Waals surface area contributed by atoms with Gasteiger partial charge in [0.25, 0.3) is 0 Å². The zero-order valence-corrected chi connectivity index (χ0v) is 13.9. The molecule has 2 unspecified atom stereocenters. The van der Waals surface area contributed by atoms with Crippen LogP contribution in [0.3, 0.4) is 0 Å². The molecule has 2 aromatic carbocycles. The van der Waals surface area contributed by atoms with Gasteiger partial charge in [-0.1, -0.05) is 30.3 Å². The number of benzene rings is 2. The number of rotatable bonds is 6. The van der Waals surface area contributed by atoms with Crippen molar-refractivity contribution in [1.82, 2.24) is 4.98 Å². The first-order valence-electron chi connectivity index (χ1n) is 8.13. The average molecular weight is 340 g/mol. The lowest BCUT2D eigenvalue weighted by Gasteiger charge is -2.15. The van der Waals surface area contributed by atoms with Gasteiger partial charge in [0, 0.05) is 6.04 Å². The van der Waals surface area contributed by atoms with Crippen molar-refractivity contribution < 1.29 is 19.1 Å². The second-order valence-corrected chi connectivity index (χ2v) is 5.75. The Kier molecular flexibility index (Phi) is 5.11. The molecule has 0 radical (unpaired) electrons. The molecule has 25 heavy (non-hydrogen) atoms. The monoisotopic (exact) mass is 340 g/mol. The number of oxazole rings is 1. The number of fused-ring (bicyclic) bond motifs is 1. The number of aromatic nitrogens is 1. The standard InChI is InChI=1S/C19H20N2O4/c1-2-24-19(23)13-8-9-16-15(11-13)21-18(25-16)17(22)14(20)10-12-6-4-3-5-7-12/h3-9,11,14,17,22H,2,10,20H2,1H3. The highest BCUT2D eigenvalue weighted by Crippen LogP contribution is 2.24. The fourth-order valence-electron chi connectivity index (χ4n) is 2.59. The van der Waals surface area contributed by atoms with E-state index in [0.717, 1.165) is 5.56 Å². The molecule has 0 aliphatic heterocycles. The van der Waals surface area contributed by atoms with Crippen LogP contribution in [0.15, 0.2) is 52.9 Å². The molecule has 130 valence electrons. The third kappa shape index (κ3) is 3.87. The summed E-state index contributed by atoms with van der Waals surface area (Å²) in [5, 5.41) is 10.4. The van der Waals surface area contributed by atoms with Gasteiger partial charge in [0.2, 0.25) is 5.89 Å². The Morgan fingerprint density at radius 3 is 2.76 bits per heavy atom. The third-order valence-corrected chi connectivity index (χ3v) is 3.89. The molecule has 3 N–H and O–H groups in total. The van der Waals surface area contributed by atoms with Gasteiger partial charge in [0.05, 0.1) is 12.2 Å². The number of aliphatic hydroxyl groups is 1. The van der Waals surface area contributed by atoms with Crippen molar-refractivity contribution >= 4 is 17.1 Å². The molecule has 3 aromatic rings. The van der Waals surface area contributed by atoms with Crippen LogP contribution in [0.25, 0.3) is 11.1 Å². The summed E-state index contributed by atoms with van der Waals surface area (Å²) < 4.78 is 10.6. The molecule has 1 aromatic heterocycles. The summed E-state index contributed by atoms with van der Waals surface area (Å²) in [6.07, 6.45) is -0.548. The van der Waals surface area contributed by atoms with Crippen LogP contribution in [0.4, 0.5) is 0 Å². The van der Waals surface area contributed by atoms with Crippen molar-refractivity contribution in [2.75, 3.05) is 6.61 Å². The lowest BCUT2D eigenvalue weighted by molar-refractivity contribution is 0.0526. The van der Waals surface area contributed by atoms with E-state index in [4.69, 9.17) is 14.9 Å². The minimum Gasteiger partial charge on any atom is -0.462 e. The van der Waals surface area contributed by atoms with E-state index >= 15 is 0 Å². The zero-order valence-electron chi connectivity index (χ0n) is 13.9. The fraction of sp³-hybridized carbons (Fsp3) is 0.263. The first-order valence-corrected chi connectivity index (χ1v) is 8.13. The Morgan fingerprint density at radius 1 is 1.28 bits per heavy atom. The van der Waals surface area contributed by atoms with E-state index in [1.165, 1.54) is 0 Å². The number of carbonyl (C=O) groups is 1. The highest BCUT2D eigenvalue weighted by atomic mass is 16.5. The normalized spacial score (nSPS) is 13.6. The van der Waals surface area contributed by atoms with Crippen LogP contribution in [0, 0.1) is 0 Å². The molecule has 0 bridgehead atoms. The highest BCUT2D eigenvalue weighted by molar-refractivity contribution is 5.93. The number of aliphatic hydroxyl groups excluding tert-OH is 1. The van der Waals surface area contributed by atoms with Gasteiger partial charge in [-0.05, 0) is 37.1 Å². The molecular formula is C19H20N2O4. The molecule has 6 heteroatoms. The van der Waals surface area contributed by atoms with Gasteiger partial charge in [-0.3, -0.25) is 0 Å². The maximum atomic E-state index is 11.8. The molecule has 0 spiro atoms. The van der Waals surface area contributed by atoms with Gasteiger partial charge in [-0.2, -0.15) is 0 Å². The van der Waals surface area contributed by atoms with Crippen molar-refractivity contribution in [2.45, 2.75) is 25.5 Å². The van der Waals surface area contributed by atoms with Crippen molar-refractivity contribution in [3.05, 3.63) is 65.5 Å². The van der Waals surface area contributed by atoms with E-state index in [-0.39, 0.29) is 5.89 Å². The summed E-state index contributed by atoms with van der Waals surface area (Å²) in [7, 11) is 0. The van der Waals surface area contributed by atoms with E-state index in [0.29, 0.717) is 29.7 Å². The van der Waals surface area contributed by atoms with Crippen molar-refractivity contribution in [1.29, 1.82) is 0 Å². The molecular weight excluding hydrogens is 320 g/mol. The van der Waals surface area contributed by atoms with Crippen LogP contribution in [-0.2, 0) is 11.2 Å². The van der Waals surface area contributed by atoms with Gasteiger partial charge >= 0.3 is 5.97 Å². The number of nitrogens with two attached hydrogens (primary N) is 1. The number of ether oxygens (including phenoxy) is 1. The number of nitrogens with zero attached hydrogens (tertiary/aromatic N) is 1. The maximum Gasteiger partial charge on any atom is 0.338 e. The number of hydrogen-bond acceptors (Lipinski definition) is 6. The zero-order chi connectivity index (χ0) is 17.8. The predicted octanol–water partition coefficient (Wildman–Crippen LogP) is 2.61. The summed E-state index contributed by atoms with van der Waals surface area (Å²) in [5.74, 6) is -0.283. The highest BCUT2D eigenvalue weighted by Gasteiger charge is 2.23. The molecule has 0 saturated heterocycles. The molecule has 0 fully saturated rings. The van der Waals surface area contributed by atoms with E-state index in [2.05, 4.69) is 4.98 Å². The second-order valence-electron chi connectivity index (χ2n) is 5.75. The fourth-order valence-corrected chi connectivity index (χ4v) is 2.59. The molecule has 6 nitrogen and oxygen atoms in total. The summed E-state index contributed by atoms with van der Waals surface area (Å²) in [6, 6.07) is 13.9. The van der Waals surface area contributed by atoms with E-state index in [1.807, 2.05) is 30.3 Å². The summed E-state index contributed by atoms with van der Waals surface area (Å²) >= 11 is 0. The lowest BCUT2D eigenvalue weighted by Crippen LogP contribution is -2.30. The quantitative estimate of drug-likeness (QED) is 0.669. The number of carbonyl (C=O) groups excluding carboxylic acids is 1. The Balaban J connectivity index is 1.79. The van der Waals surface area contributed by atoms with Gasteiger partial charge in [-0.15, -0.1) is 0 Å².